The second kappa shape index (κ2) is 7.50. The molecular weight excluding hydrogens is 230 g/mol. The second-order valence-corrected chi connectivity index (χ2v) is 4.08. The second-order valence-electron chi connectivity index (χ2n) is 4.08. The minimum atomic E-state index is -0.841. The average molecular weight is 249 g/mol. The molecule has 0 radical (unpaired) electrons. The van der Waals surface area contributed by atoms with Gasteiger partial charge in [0.1, 0.15) is 12.4 Å². The van der Waals surface area contributed by atoms with Crippen LogP contribution < -0.4 is 4.74 Å². The predicted molar refractivity (Wildman–Crippen MR) is 70.9 cm³/mol. The molecule has 0 unspecified atom stereocenters. The van der Waals surface area contributed by atoms with Gasteiger partial charge in [-0.05, 0) is 19.1 Å². The van der Waals surface area contributed by atoms with Gasteiger partial charge in [-0.2, -0.15) is 0 Å². The number of hydrogen-bond donors (Lipinski definition) is 1. The van der Waals surface area contributed by atoms with E-state index in [-0.39, 0.29) is 6.54 Å². The van der Waals surface area contributed by atoms with Crippen molar-refractivity contribution in [3.05, 3.63) is 42.5 Å². The van der Waals surface area contributed by atoms with E-state index in [2.05, 4.69) is 6.58 Å². The molecule has 98 valence electrons. The molecule has 0 amide bonds. The van der Waals surface area contributed by atoms with Crippen LogP contribution in [-0.2, 0) is 4.79 Å². The van der Waals surface area contributed by atoms with Crippen LogP contribution >= 0.6 is 0 Å². The Morgan fingerprint density at radius 3 is 2.67 bits per heavy atom. The molecular formula is C14H19NO3. The minimum Gasteiger partial charge on any atom is -0.492 e. The molecule has 0 aromatic heterocycles. The van der Waals surface area contributed by atoms with Gasteiger partial charge < -0.3 is 9.84 Å². The summed E-state index contributed by atoms with van der Waals surface area (Å²) in [7, 11) is 0. The van der Waals surface area contributed by atoms with Crippen LogP contribution in [0.25, 0.3) is 0 Å². The Morgan fingerprint density at radius 2 is 2.11 bits per heavy atom. The largest absolute Gasteiger partial charge is 0.492 e. The number of hydrogen-bond acceptors (Lipinski definition) is 3. The quantitative estimate of drug-likeness (QED) is 0.715. The zero-order chi connectivity index (χ0) is 13.4. The van der Waals surface area contributed by atoms with Crippen LogP contribution in [0.4, 0.5) is 0 Å². The molecule has 0 spiro atoms. The summed E-state index contributed by atoms with van der Waals surface area (Å²) >= 11 is 0. The highest BCUT2D eigenvalue weighted by Gasteiger charge is 2.07. The number of carboxylic acid groups (broad SMARTS) is 1. The van der Waals surface area contributed by atoms with Crippen molar-refractivity contribution < 1.29 is 14.6 Å². The molecule has 4 heteroatoms. The van der Waals surface area contributed by atoms with Crippen molar-refractivity contribution in [1.82, 2.24) is 4.90 Å². The van der Waals surface area contributed by atoms with Crippen molar-refractivity contribution in [1.29, 1.82) is 0 Å². The smallest absolute Gasteiger partial charge is 0.317 e. The van der Waals surface area contributed by atoms with Gasteiger partial charge in [0.25, 0.3) is 0 Å². The SMILES string of the molecule is C=CCN(CCOc1ccc(C)cc1)CC(=O)O. The van der Waals surface area contributed by atoms with Gasteiger partial charge in [0, 0.05) is 13.1 Å². The highest BCUT2D eigenvalue weighted by Crippen LogP contribution is 2.11. The minimum absolute atomic E-state index is 0.00325. The lowest BCUT2D eigenvalue weighted by atomic mass is 10.2. The number of ether oxygens (including phenoxy) is 1. The van der Waals surface area contributed by atoms with Crippen LogP contribution in [0.1, 0.15) is 5.56 Å². The van der Waals surface area contributed by atoms with Crippen LogP contribution in [0.2, 0.25) is 0 Å². The summed E-state index contributed by atoms with van der Waals surface area (Å²) in [6.45, 7) is 7.20. The normalized spacial score (nSPS) is 10.3. The molecule has 0 saturated heterocycles. The third-order valence-electron chi connectivity index (χ3n) is 2.44. The van der Waals surface area contributed by atoms with Crippen molar-refractivity contribution in [2.75, 3.05) is 26.2 Å². The molecule has 0 aliphatic rings. The Hall–Kier alpha value is -1.81. The monoisotopic (exact) mass is 249 g/mol. The first-order chi connectivity index (χ1) is 8.61. The molecule has 0 bridgehead atoms. The van der Waals surface area contributed by atoms with Gasteiger partial charge in [-0.3, -0.25) is 9.69 Å². The summed E-state index contributed by atoms with van der Waals surface area (Å²) in [5.41, 5.74) is 1.18. The van der Waals surface area contributed by atoms with Gasteiger partial charge in [0.2, 0.25) is 0 Å². The van der Waals surface area contributed by atoms with E-state index < -0.39 is 5.97 Å². The van der Waals surface area contributed by atoms with E-state index in [0.29, 0.717) is 19.7 Å². The Labute approximate surface area is 107 Å². The van der Waals surface area contributed by atoms with Crippen molar-refractivity contribution in [3.63, 3.8) is 0 Å². The Balaban J connectivity index is 2.35. The first kappa shape index (κ1) is 14.3. The first-order valence-electron chi connectivity index (χ1n) is 5.86. The molecule has 0 atom stereocenters. The van der Waals surface area contributed by atoms with E-state index in [1.165, 1.54) is 5.56 Å². The molecule has 1 rings (SSSR count). The van der Waals surface area contributed by atoms with Gasteiger partial charge in [0.05, 0.1) is 6.54 Å². The van der Waals surface area contributed by atoms with E-state index in [1.54, 1.807) is 11.0 Å². The third kappa shape index (κ3) is 5.50. The fourth-order valence-corrected chi connectivity index (χ4v) is 1.54. The lowest BCUT2D eigenvalue weighted by Gasteiger charge is -2.18. The predicted octanol–water partition coefficient (Wildman–Crippen LogP) is 1.95. The van der Waals surface area contributed by atoms with Gasteiger partial charge in [-0.15, -0.1) is 6.58 Å². The van der Waals surface area contributed by atoms with Crippen LogP contribution in [0, 0.1) is 6.92 Å². The molecule has 1 aromatic rings. The number of nitrogens with zero attached hydrogens (tertiary/aromatic N) is 1. The number of rotatable bonds is 8. The lowest BCUT2D eigenvalue weighted by molar-refractivity contribution is -0.138. The summed E-state index contributed by atoms with van der Waals surface area (Å²) in [4.78, 5) is 12.4. The van der Waals surface area contributed by atoms with E-state index >= 15 is 0 Å². The number of aryl methyl sites for hydroxylation is 1. The van der Waals surface area contributed by atoms with Crippen molar-refractivity contribution >= 4 is 5.97 Å². The van der Waals surface area contributed by atoms with Crippen LogP contribution in [0.15, 0.2) is 36.9 Å². The molecule has 18 heavy (non-hydrogen) atoms. The number of benzene rings is 1. The first-order valence-corrected chi connectivity index (χ1v) is 5.86. The zero-order valence-corrected chi connectivity index (χ0v) is 10.6. The van der Waals surface area contributed by atoms with Gasteiger partial charge in [0.15, 0.2) is 0 Å². The Morgan fingerprint density at radius 1 is 1.44 bits per heavy atom. The highest BCUT2D eigenvalue weighted by atomic mass is 16.5. The lowest BCUT2D eigenvalue weighted by Crippen LogP contribution is -2.33. The van der Waals surface area contributed by atoms with E-state index in [1.807, 2.05) is 31.2 Å². The molecule has 0 heterocycles. The van der Waals surface area contributed by atoms with Gasteiger partial charge >= 0.3 is 5.97 Å². The maximum absolute atomic E-state index is 10.6. The van der Waals surface area contributed by atoms with E-state index in [4.69, 9.17) is 9.84 Å². The summed E-state index contributed by atoms with van der Waals surface area (Å²) in [5, 5.41) is 8.74. The summed E-state index contributed by atoms with van der Waals surface area (Å²) < 4.78 is 5.55. The number of carboxylic acids is 1. The fourth-order valence-electron chi connectivity index (χ4n) is 1.54. The fraction of sp³-hybridized carbons (Fsp3) is 0.357. The molecule has 0 aliphatic heterocycles. The molecule has 1 aromatic carbocycles. The third-order valence-corrected chi connectivity index (χ3v) is 2.44. The Bertz CT molecular complexity index is 387. The zero-order valence-electron chi connectivity index (χ0n) is 10.6. The van der Waals surface area contributed by atoms with Crippen molar-refractivity contribution in [2.24, 2.45) is 0 Å². The molecule has 0 saturated carbocycles. The number of aliphatic carboxylic acids is 1. The molecule has 0 fully saturated rings. The van der Waals surface area contributed by atoms with E-state index in [0.717, 1.165) is 5.75 Å². The maximum atomic E-state index is 10.6. The van der Waals surface area contributed by atoms with Gasteiger partial charge in [-0.1, -0.05) is 23.8 Å². The van der Waals surface area contributed by atoms with E-state index in [9.17, 15) is 4.79 Å². The van der Waals surface area contributed by atoms with Crippen molar-refractivity contribution in [3.8, 4) is 5.75 Å². The average Bonchev–Trinajstić information content (AvgIpc) is 2.31. The maximum Gasteiger partial charge on any atom is 0.317 e. The molecule has 4 nitrogen and oxygen atoms in total. The van der Waals surface area contributed by atoms with Crippen LogP contribution in [-0.4, -0.2) is 42.2 Å². The standard InChI is InChI=1S/C14H19NO3/c1-3-8-15(11-14(16)17)9-10-18-13-6-4-12(2)5-7-13/h3-7H,1,8-11H2,2H3,(H,16,17). The van der Waals surface area contributed by atoms with Crippen LogP contribution in [0.5, 0.6) is 5.75 Å². The molecule has 1 N–H and O–H groups in total. The van der Waals surface area contributed by atoms with Crippen LogP contribution in [0.3, 0.4) is 0 Å². The highest BCUT2D eigenvalue weighted by molar-refractivity contribution is 5.69. The van der Waals surface area contributed by atoms with Gasteiger partial charge in [-0.25, -0.2) is 0 Å². The topological polar surface area (TPSA) is 49.8 Å². The summed E-state index contributed by atoms with van der Waals surface area (Å²) in [5.74, 6) is -0.0401. The summed E-state index contributed by atoms with van der Waals surface area (Å²) in [6, 6.07) is 7.77. The summed E-state index contributed by atoms with van der Waals surface area (Å²) in [6.07, 6.45) is 1.69. The number of carbonyl (C=O) groups is 1. The van der Waals surface area contributed by atoms with Crippen molar-refractivity contribution in [2.45, 2.75) is 6.92 Å². The Kier molecular flexibility index (Phi) is 5.94. The molecule has 0 aliphatic carbocycles.